The lowest BCUT2D eigenvalue weighted by Gasteiger charge is -2.14. The van der Waals surface area contributed by atoms with Crippen molar-refractivity contribution in [2.45, 2.75) is 12.5 Å². The summed E-state index contributed by atoms with van der Waals surface area (Å²) in [5.41, 5.74) is -0.264. The third-order valence-electron chi connectivity index (χ3n) is 1.94. The molecule has 3 N–H and O–H groups in total. The van der Waals surface area contributed by atoms with Crippen molar-refractivity contribution in [1.82, 2.24) is 0 Å². The van der Waals surface area contributed by atoms with E-state index in [1.807, 2.05) is 0 Å². The SMILES string of the molecule is O=C(O)CC(Nc1ccc(F)cc1F)C(=O)O. The summed E-state index contributed by atoms with van der Waals surface area (Å²) in [6.07, 6.45) is -0.716. The van der Waals surface area contributed by atoms with E-state index in [9.17, 15) is 18.4 Å². The predicted octanol–water partition coefficient (Wildman–Crippen LogP) is 1.30. The molecule has 0 saturated heterocycles. The van der Waals surface area contributed by atoms with Crippen LogP contribution in [0.2, 0.25) is 0 Å². The minimum atomic E-state index is -1.48. The number of benzene rings is 1. The average Bonchev–Trinajstić information content (AvgIpc) is 2.19. The van der Waals surface area contributed by atoms with Crippen LogP contribution in [0.25, 0.3) is 0 Å². The van der Waals surface area contributed by atoms with Crippen molar-refractivity contribution in [3.8, 4) is 0 Å². The molecule has 0 fully saturated rings. The summed E-state index contributed by atoms with van der Waals surface area (Å²) in [5.74, 6) is -4.57. The molecule has 0 aromatic heterocycles. The summed E-state index contributed by atoms with van der Waals surface area (Å²) in [6.45, 7) is 0. The number of anilines is 1. The Bertz CT molecular complexity index is 450. The van der Waals surface area contributed by atoms with E-state index in [-0.39, 0.29) is 5.69 Å². The quantitative estimate of drug-likeness (QED) is 0.728. The largest absolute Gasteiger partial charge is 0.481 e. The molecular formula is C10H9F2NO4. The van der Waals surface area contributed by atoms with Crippen LogP contribution in [0.1, 0.15) is 6.42 Å². The molecular weight excluding hydrogens is 236 g/mol. The molecule has 1 atom stereocenters. The molecule has 0 aliphatic rings. The second-order valence-corrected chi connectivity index (χ2v) is 3.26. The fourth-order valence-corrected chi connectivity index (χ4v) is 1.17. The highest BCUT2D eigenvalue weighted by atomic mass is 19.1. The second kappa shape index (κ2) is 5.24. The topological polar surface area (TPSA) is 86.6 Å². The molecule has 0 radical (unpaired) electrons. The zero-order valence-electron chi connectivity index (χ0n) is 8.48. The Labute approximate surface area is 94.7 Å². The number of rotatable bonds is 5. The molecule has 1 aromatic carbocycles. The van der Waals surface area contributed by atoms with Gasteiger partial charge in [-0.3, -0.25) is 4.79 Å². The van der Waals surface area contributed by atoms with Gasteiger partial charge in [-0.15, -0.1) is 0 Å². The fourth-order valence-electron chi connectivity index (χ4n) is 1.17. The van der Waals surface area contributed by atoms with Crippen LogP contribution < -0.4 is 5.32 Å². The molecule has 0 bridgehead atoms. The standard InChI is InChI=1S/C10H9F2NO4/c11-5-1-2-7(6(12)3-5)13-8(10(16)17)4-9(14)15/h1-3,8,13H,4H2,(H,14,15)(H,16,17). The number of carbonyl (C=O) groups is 2. The first kappa shape index (κ1) is 12.9. The van der Waals surface area contributed by atoms with Crippen LogP contribution in [0.4, 0.5) is 14.5 Å². The zero-order chi connectivity index (χ0) is 13.0. The molecule has 17 heavy (non-hydrogen) atoms. The monoisotopic (exact) mass is 245 g/mol. The first-order chi connectivity index (χ1) is 7.90. The van der Waals surface area contributed by atoms with Crippen molar-refractivity contribution >= 4 is 17.6 Å². The average molecular weight is 245 g/mol. The molecule has 0 aliphatic carbocycles. The van der Waals surface area contributed by atoms with Crippen molar-refractivity contribution in [3.63, 3.8) is 0 Å². The number of carboxylic acid groups (broad SMARTS) is 2. The number of halogens is 2. The lowest BCUT2D eigenvalue weighted by molar-refractivity contribution is -0.144. The summed E-state index contributed by atoms with van der Waals surface area (Å²) in [6, 6.07) is 1.03. The summed E-state index contributed by atoms with van der Waals surface area (Å²) in [5, 5.41) is 19.4. The zero-order valence-corrected chi connectivity index (χ0v) is 8.48. The van der Waals surface area contributed by atoms with Gasteiger partial charge in [-0.05, 0) is 12.1 Å². The molecule has 1 unspecified atom stereocenters. The molecule has 0 aliphatic heterocycles. The highest BCUT2D eigenvalue weighted by Gasteiger charge is 2.21. The summed E-state index contributed by atoms with van der Waals surface area (Å²) < 4.78 is 25.7. The number of carboxylic acids is 2. The molecule has 1 aromatic rings. The Morgan fingerprint density at radius 3 is 2.41 bits per heavy atom. The molecule has 5 nitrogen and oxygen atoms in total. The van der Waals surface area contributed by atoms with Gasteiger partial charge < -0.3 is 15.5 Å². The van der Waals surface area contributed by atoms with Gasteiger partial charge in [0.1, 0.15) is 17.7 Å². The van der Waals surface area contributed by atoms with Gasteiger partial charge in [0.05, 0.1) is 12.1 Å². The Morgan fingerprint density at radius 1 is 1.29 bits per heavy atom. The molecule has 0 heterocycles. The Morgan fingerprint density at radius 2 is 1.94 bits per heavy atom. The maximum absolute atomic E-state index is 13.2. The summed E-state index contributed by atoms with van der Waals surface area (Å²) in [4.78, 5) is 21.1. The van der Waals surface area contributed by atoms with Gasteiger partial charge in [0, 0.05) is 6.07 Å². The third-order valence-corrected chi connectivity index (χ3v) is 1.94. The van der Waals surface area contributed by atoms with Crippen LogP contribution in [-0.2, 0) is 9.59 Å². The number of aliphatic carboxylic acids is 2. The van der Waals surface area contributed by atoms with E-state index in [1.54, 1.807) is 0 Å². The van der Waals surface area contributed by atoms with Crippen LogP contribution in [0, 0.1) is 11.6 Å². The molecule has 0 spiro atoms. The van der Waals surface area contributed by atoms with E-state index in [2.05, 4.69) is 5.32 Å². The van der Waals surface area contributed by atoms with Crippen LogP contribution in [-0.4, -0.2) is 28.2 Å². The van der Waals surface area contributed by atoms with Crippen molar-refractivity contribution < 1.29 is 28.6 Å². The van der Waals surface area contributed by atoms with Crippen LogP contribution in [0.3, 0.4) is 0 Å². The van der Waals surface area contributed by atoms with E-state index in [0.29, 0.717) is 6.07 Å². The lowest BCUT2D eigenvalue weighted by atomic mass is 10.2. The predicted molar refractivity (Wildman–Crippen MR) is 53.7 cm³/mol. The van der Waals surface area contributed by atoms with E-state index in [4.69, 9.17) is 10.2 Å². The number of nitrogens with one attached hydrogen (secondary N) is 1. The minimum absolute atomic E-state index is 0.264. The minimum Gasteiger partial charge on any atom is -0.481 e. The van der Waals surface area contributed by atoms with Gasteiger partial charge in [0.15, 0.2) is 0 Å². The molecule has 0 saturated carbocycles. The lowest BCUT2D eigenvalue weighted by Crippen LogP contribution is -2.32. The summed E-state index contributed by atoms with van der Waals surface area (Å²) in [7, 11) is 0. The van der Waals surface area contributed by atoms with Crippen LogP contribution in [0.5, 0.6) is 0 Å². The highest BCUT2D eigenvalue weighted by molar-refractivity contribution is 5.83. The Hall–Kier alpha value is -2.18. The van der Waals surface area contributed by atoms with Crippen LogP contribution >= 0.6 is 0 Å². The summed E-state index contributed by atoms with van der Waals surface area (Å²) >= 11 is 0. The van der Waals surface area contributed by atoms with E-state index in [1.165, 1.54) is 0 Å². The molecule has 92 valence electrons. The normalized spacial score (nSPS) is 11.9. The van der Waals surface area contributed by atoms with Crippen molar-refractivity contribution in [2.75, 3.05) is 5.32 Å². The fraction of sp³-hybridized carbons (Fsp3) is 0.200. The van der Waals surface area contributed by atoms with Crippen molar-refractivity contribution in [3.05, 3.63) is 29.8 Å². The van der Waals surface area contributed by atoms with Gasteiger partial charge in [-0.2, -0.15) is 0 Å². The Kier molecular flexibility index (Phi) is 3.97. The van der Waals surface area contributed by atoms with E-state index < -0.39 is 36.0 Å². The number of hydrogen-bond acceptors (Lipinski definition) is 3. The van der Waals surface area contributed by atoms with Crippen LogP contribution in [0.15, 0.2) is 18.2 Å². The maximum atomic E-state index is 13.2. The first-order valence-electron chi connectivity index (χ1n) is 4.56. The van der Waals surface area contributed by atoms with E-state index in [0.717, 1.165) is 12.1 Å². The second-order valence-electron chi connectivity index (χ2n) is 3.26. The van der Waals surface area contributed by atoms with Crippen molar-refractivity contribution in [1.29, 1.82) is 0 Å². The van der Waals surface area contributed by atoms with Gasteiger partial charge in [0.25, 0.3) is 0 Å². The van der Waals surface area contributed by atoms with Gasteiger partial charge in [-0.25, -0.2) is 13.6 Å². The third kappa shape index (κ3) is 3.71. The Balaban J connectivity index is 2.86. The number of hydrogen-bond donors (Lipinski definition) is 3. The first-order valence-corrected chi connectivity index (χ1v) is 4.56. The van der Waals surface area contributed by atoms with Crippen molar-refractivity contribution in [2.24, 2.45) is 0 Å². The molecule has 1 rings (SSSR count). The molecule has 0 amide bonds. The highest BCUT2D eigenvalue weighted by Crippen LogP contribution is 2.16. The van der Waals surface area contributed by atoms with E-state index >= 15 is 0 Å². The van der Waals surface area contributed by atoms with Gasteiger partial charge in [-0.1, -0.05) is 0 Å². The molecule has 7 heteroatoms. The van der Waals surface area contributed by atoms with Gasteiger partial charge in [0.2, 0.25) is 0 Å². The maximum Gasteiger partial charge on any atom is 0.326 e. The smallest absolute Gasteiger partial charge is 0.326 e. The van der Waals surface area contributed by atoms with Gasteiger partial charge >= 0.3 is 11.9 Å².